The average molecular weight is 465 g/mol. The van der Waals surface area contributed by atoms with Crippen LogP contribution in [0.25, 0.3) is 0 Å². The number of carboxylic acids is 1. The second-order valence-corrected chi connectivity index (χ2v) is 8.23. The molecule has 0 unspecified atom stereocenters. The molecule has 1 aromatic heterocycles. The number of hydrogen-bond acceptors (Lipinski definition) is 7. The number of rotatable bonds is 5. The van der Waals surface area contributed by atoms with Crippen molar-refractivity contribution in [1.29, 1.82) is 0 Å². The lowest BCUT2D eigenvalue weighted by Gasteiger charge is -2.41. The van der Waals surface area contributed by atoms with E-state index < -0.39 is 11.8 Å². The zero-order chi connectivity index (χ0) is 23.1. The van der Waals surface area contributed by atoms with Crippen LogP contribution < -0.4 is 10.7 Å². The molecule has 0 spiro atoms. The highest BCUT2D eigenvalue weighted by molar-refractivity contribution is 7.71. The Balaban J connectivity index is 0.000000668. The molecular formula is C22H27FN3O5S-. The van der Waals surface area contributed by atoms with E-state index in [1.165, 1.54) is 12.1 Å². The fourth-order valence-corrected chi connectivity index (χ4v) is 4.34. The summed E-state index contributed by atoms with van der Waals surface area (Å²) < 4.78 is 25.8. The molecule has 2 N–H and O–H groups in total. The molecule has 1 aromatic carbocycles. The van der Waals surface area contributed by atoms with E-state index in [2.05, 4.69) is 14.9 Å². The monoisotopic (exact) mass is 464 g/mol. The first kappa shape index (κ1) is 24.2. The van der Waals surface area contributed by atoms with Crippen molar-refractivity contribution in [2.24, 2.45) is 5.92 Å². The number of H-pyrrole nitrogens is 2. The minimum absolute atomic E-state index is 0.123. The van der Waals surface area contributed by atoms with Crippen LogP contribution in [0.3, 0.4) is 0 Å². The number of nitrogens with one attached hydrogen (secondary N) is 2. The third-order valence-electron chi connectivity index (χ3n) is 5.68. The summed E-state index contributed by atoms with van der Waals surface area (Å²) >= 11 is 4.93. The Morgan fingerprint density at radius 1 is 1.25 bits per heavy atom. The number of benzene rings is 1. The topological polar surface area (TPSA) is 110 Å². The number of ether oxygens (including phenoxy) is 2. The molecule has 0 bridgehead atoms. The van der Waals surface area contributed by atoms with E-state index in [0.717, 1.165) is 45.0 Å². The number of carbonyl (C=O) groups excluding carboxylic acids is 1. The van der Waals surface area contributed by atoms with Crippen LogP contribution in [0.1, 0.15) is 30.9 Å². The second kappa shape index (κ2) is 11.0. The summed E-state index contributed by atoms with van der Waals surface area (Å²) in [6.07, 6.45) is 4.20. The van der Waals surface area contributed by atoms with Gasteiger partial charge in [0.25, 0.3) is 5.56 Å². The minimum atomic E-state index is -1.08. The van der Waals surface area contributed by atoms with Gasteiger partial charge in [-0.25, -0.2) is 4.39 Å². The number of carbonyl (C=O) groups is 1. The highest BCUT2D eigenvalue weighted by atomic mass is 32.1. The van der Waals surface area contributed by atoms with Gasteiger partial charge in [-0.2, -0.15) is 0 Å². The van der Waals surface area contributed by atoms with Crippen molar-refractivity contribution in [1.82, 2.24) is 14.9 Å². The van der Waals surface area contributed by atoms with Gasteiger partial charge in [-0.1, -0.05) is 12.1 Å². The molecule has 8 nitrogen and oxygen atoms in total. The Bertz CT molecular complexity index is 1010. The fraction of sp³-hybridized carbons (Fsp3) is 0.500. The smallest absolute Gasteiger partial charge is 0.254 e. The first-order valence-corrected chi connectivity index (χ1v) is 11.0. The van der Waals surface area contributed by atoms with Crippen LogP contribution >= 0.6 is 12.2 Å². The molecular weight excluding hydrogens is 437 g/mol. The zero-order valence-corrected chi connectivity index (χ0v) is 18.7. The number of carboxylic acid groups (broad SMARTS) is 1. The molecule has 2 aliphatic heterocycles. The molecule has 0 radical (unpaired) electrons. The van der Waals surface area contributed by atoms with E-state index in [-0.39, 0.29) is 17.3 Å². The van der Waals surface area contributed by atoms with Crippen LogP contribution in [0.4, 0.5) is 4.39 Å². The van der Waals surface area contributed by atoms with Gasteiger partial charge >= 0.3 is 0 Å². The molecule has 2 fully saturated rings. The molecule has 10 heteroatoms. The van der Waals surface area contributed by atoms with Crippen LogP contribution in [0.2, 0.25) is 0 Å². The lowest BCUT2D eigenvalue weighted by Crippen LogP contribution is -2.44. The average Bonchev–Trinajstić information content (AvgIpc) is 3.25. The quantitative estimate of drug-likeness (QED) is 0.645. The van der Waals surface area contributed by atoms with E-state index in [4.69, 9.17) is 31.6 Å². The molecule has 0 saturated carbocycles. The highest BCUT2D eigenvalue weighted by Gasteiger charge is 2.46. The Morgan fingerprint density at radius 3 is 2.41 bits per heavy atom. The van der Waals surface area contributed by atoms with Crippen LogP contribution in [0, 0.1) is 16.5 Å². The highest BCUT2D eigenvalue weighted by Crippen LogP contribution is 2.43. The normalized spacial score (nSPS) is 18.7. The molecule has 0 aliphatic carbocycles. The summed E-state index contributed by atoms with van der Waals surface area (Å²) in [5.41, 5.74) is 1.47. The SMILES string of the molecule is CC(=O)[O-].O=c1[nH]c(=S)[nH]cc1CCN1CCC(C2(c3ccc(F)cc3)OCCO2)CC1. The molecule has 3 heterocycles. The van der Waals surface area contributed by atoms with Gasteiger partial charge in [-0.3, -0.25) is 9.78 Å². The second-order valence-electron chi connectivity index (χ2n) is 7.83. The number of hydrogen-bond donors (Lipinski definition) is 2. The van der Waals surface area contributed by atoms with Crippen LogP contribution in [-0.2, 0) is 26.5 Å². The lowest BCUT2D eigenvalue weighted by atomic mass is 9.84. The third-order valence-corrected chi connectivity index (χ3v) is 5.90. The summed E-state index contributed by atoms with van der Waals surface area (Å²) in [5, 5.41) is 8.89. The van der Waals surface area contributed by atoms with Gasteiger partial charge in [0.2, 0.25) is 0 Å². The molecule has 2 saturated heterocycles. The molecule has 0 amide bonds. The molecule has 174 valence electrons. The molecule has 2 aromatic rings. The van der Waals surface area contributed by atoms with Crippen LogP contribution in [0.15, 0.2) is 35.3 Å². The third kappa shape index (κ3) is 6.10. The minimum Gasteiger partial charge on any atom is -0.550 e. The summed E-state index contributed by atoms with van der Waals surface area (Å²) in [7, 11) is 0. The van der Waals surface area contributed by atoms with E-state index in [0.29, 0.717) is 30.0 Å². The van der Waals surface area contributed by atoms with Crippen molar-refractivity contribution < 1.29 is 23.8 Å². The lowest BCUT2D eigenvalue weighted by molar-refractivity contribution is -0.302. The van der Waals surface area contributed by atoms with Crippen LogP contribution in [-0.4, -0.2) is 53.7 Å². The van der Waals surface area contributed by atoms with E-state index in [1.807, 2.05) is 0 Å². The van der Waals surface area contributed by atoms with Crippen LogP contribution in [0.5, 0.6) is 0 Å². The number of halogens is 1. The number of piperidine rings is 1. The predicted octanol–water partition coefficient (Wildman–Crippen LogP) is 1.48. The van der Waals surface area contributed by atoms with E-state index in [1.54, 1.807) is 18.3 Å². The number of aromatic amines is 2. The summed E-state index contributed by atoms with van der Waals surface area (Å²) in [6, 6.07) is 6.44. The van der Waals surface area contributed by atoms with Gasteiger partial charge in [0.05, 0.1) is 13.2 Å². The van der Waals surface area contributed by atoms with Gasteiger partial charge in [0.15, 0.2) is 10.6 Å². The zero-order valence-electron chi connectivity index (χ0n) is 17.9. The Kier molecular flexibility index (Phi) is 8.30. The number of aliphatic carboxylic acids is 1. The first-order valence-electron chi connectivity index (χ1n) is 10.5. The van der Waals surface area contributed by atoms with E-state index >= 15 is 0 Å². The van der Waals surface area contributed by atoms with Crippen molar-refractivity contribution >= 4 is 18.2 Å². The standard InChI is InChI=1S/C20H24FN3O3S.C2H4O2/c21-17-3-1-15(2-4-17)20(26-11-12-27-20)16-6-9-24(10-7-16)8-5-14-13-22-19(28)23-18(14)25;1-2(3)4/h1-4,13,16H,5-12H2,(H2,22,23,25,28);1H3,(H,3,4)/p-1. The summed E-state index contributed by atoms with van der Waals surface area (Å²) in [6.45, 7) is 4.69. The van der Waals surface area contributed by atoms with Gasteiger partial charge in [0, 0.05) is 35.8 Å². The van der Waals surface area contributed by atoms with Gasteiger partial charge in [-0.05, 0) is 63.6 Å². The maximum absolute atomic E-state index is 13.3. The van der Waals surface area contributed by atoms with Crippen molar-refractivity contribution in [3.05, 3.63) is 62.5 Å². The van der Waals surface area contributed by atoms with Gasteiger partial charge < -0.3 is 29.3 Å². The molecule has 2 aliphatic rings. The van der Waals surface area contributed by atoms with Gasteiger partial charge in [-0.15, -0.1) is 0 Å². The fourth-order valence-electron chi connectivity index (χ4n) is 4.19. The van der Waals surface area contributed by atoms with Crippen molar-refractivity contribution in [2.75, 3.05) is 32.8 Å². The largest absolute Gasteiger partial charge is 0.550 e. The first-order chi connectivity index (χ1) is 15.3. The maximum atomic E-state index is 13.3. The van der Waals surface area contributed by atoms with E-state index in [9.17, 15) is 9.18 Å². The number of likely N-dealkylation sites (tertiary alicyclic amines) is 1. The van der Waals surface area contributed by atoms with Crippen molar-refractivity contribution in [3.63, 3.8) is 0 Å². The predicted molar refractivity (Wildman–Crippen MR) is 116 cm³/mol. The summed E-state index contributed by atoms with van der Waals surface area (Å²) in [4.78, 5) is 28.7. The van der Waals surface area contributed by atoms with Crippen molar-refractivity contribution in [3.8, 4) is 0 Å². The Labute approximate surface area is 190 Å². The Morgan fingerprint density at radius 2 is 1.84 bits per heavy atom. The Hall–Kier alpha value is -2.40. The molecule has 32 heavy (non-hydrogen) atoms. The summed E-state index contributed by atoms with van der Waals surface area (Å²) in [5.74, 6) is -1.90. The number of aromatic nitrogens is 2. The van der Waals surface area contributed by atoms with Gasteiger partial charge in [0.1, 0.15) is 5.82 Å². The molecule has 0 atom stereocenters. The maximum Gasteiger partial charge on any atom is 0.254 e. The molecule has 4 rings (SSSR count). The number of nitrogens with zero attached hydrogens (tertiary/aromatic N) is 1. The van der Waals surface area contributed by atoms with Crippen molar-refractivity contribution in [2.45, 2.75) is 32.0 Å².